The van der Waals surface area contributed by atoms with Crippen molar-refractivity contribution >= 4 is 17.7 Å². The van der Waals surface area contributed by atoms with Gasteiger partial charge in [0.15, 0.2) is 0 Å². The van der Waals surface area contributed by atoms with Gasteiger partial charge in [0.1, 0.15) is 5.82 Å². The molecule has 0 saturated carbocycles. The highest BCUT2D eigenvalue weighted by molar-refractivity contribution is 5.91. The number of carboxylic acid groups (broad SMARTS) is 1. The molecule has 0 unspecified atom stereocenters. The van der Waals surface area contributed by atoms with Crippen molar-refractivity contribution in [3.63, 3.8) is 0 Å². The van der Waals surface area contributed by atoms with Crippen LogP contribution in [0, 0.1) is 5.82 Å². The number of aromatic carboxylic acids is 1. The first-order chi connectivity index (χ1) is 9.58. The lowest BCUT2D eigenvalue weighted by Gasteiger charge is -2.21. The van der Waals surface area contributed by atoms with Crippen LogP contribution in [0.4, 0.5) is 14.9 Å². The number of carbonyl (C=O) groups is 2. The van der Waals surface area contributed by atoms with Gasteiger partial charge in [-0.25, -0.2) is 14.0 Å². The normalized spacial score (nSPS) is 15.6. The molecule has 0 aliphatic carbocycles. The molecule has 0 atom stereocenters. The molecular formula is C14H17FN2O3. The molecular weight excluding hydrogens is 263 g/mol. The Bertz CT molecular complexity index is 511. The van der Waals surface area contributed by atoms with Gasteiger partial charge in [0.25, 0.3) is 0 Å². The van der Waals surface area contributed by atoms with Crippen molar-refractivity contribution in [3.05, 3.63) is 29.6 Å². The first-order valence-corrected chi connectivity index (χ1v) is 6.66. The second kappa shape index (κ2) is 6.36. The molecule has 0 bridgehead atoms. The van der Waals surface area contributed by atoms with Crippen LogP contribution < -0.4 is 5.32 Å². The summed E-state index contributed by atoms with van der Waals surface area (Å²) < 4.78 is 13.7. The fraction of sp³-hybridized carbons (Fsp3) is 0.429. The summed E-state index contributed by atoms with van der Waals surface area (Å²) in [5.41, 5.74) is -0.139. The fourth-order valence-corrected chi connectivity index (χ4v) is 2.22. The molecule has 1 fully saturated rings. The van der Waals surface area contributed by atoms with E-state index in [-0.39, 0.29) is 17.3 Å². The van der Waals surface area contributed by atoms with Gasteiger partial charge in [0, 0.05) is 13.1 Å². The van der Waals surface area contributed by atoms with Gasteiger partial charge in [-0.15, -0.1) is 0 Å². The summed E-state index contributed by atoms with van der Waals surface area (Å²) in [6, 6.07) is 3.10. The van der Waals surface area contributed by atoms with Crippen molar-refractivity contribution in [1.29, 1.82) is 0 Å². The van der Waals surface area contributed by atoms with Crippen LogP contribution in [0.2, 0.25) is 0 Å². The Morgan fingerprint density at radius 3 is 2.35 bits per heavy atom. The van der Waals surface area contributed by atoms with E-state index in [2.05, 4.69) is 5.32 Å². The first-order valence-electron chi connectivity index (χ1n) is 6.66. The lowest BCUT2D eigenvalue weighted by atomic mass is 10.2. The maximum absolute atomic E-state index is 13.7. The molecule has 0 aromatic heterocycles. The van der Waals surface area contributed by atoms with Crippen LogP contribution in [0.5, 0.6) is 0 Å². The first kappa shape index (κ1) is 14.3. The molecule has 1 aliphatic heterocycles. The number of likely N-dealkylation sites (tertiary alicyclic amines) is 1. The van der Waals surface area contributed by atoms with Crippen molar-refractivity contribution in [1.82, 2.24) is 4.90 Å². The third-order valence-electron chi connectivity index (χ3n) is 3.35. The Labute approximate surface area is 116 Å². The standard InChI is InChI=1S/C14H17FN2O3/c15-11-9-10(13(18)19)5-6-12(11)16-14(20)17-7-3-1-2-4-8-17/h5-6,9H,1-4,7-8H2,(H,16,20)(H,18,19). The summed E-state index contributed by atoms with van der Waals surface area (Å²) in [6.45, 7) is 1.33. The largest absolute Gasteiger partial charge is 0.478 e. The maximum Gasteiger partial charge on any atom is 0.335 e. The quantitative estimate of drug-likeness (QED) is 0.875. The number of halogens is 1. The van der Waals surface area contributed by atoms with Gasteiger partial charge in [-0.1, -0.05) is 12.8 Å². The van der Waals surface area contributed by atoms with Crippen LogP contribution in [0.3, 0.4) is 0 Å². The van der Waals surface area contributed by atoms with Crippen LogP contribution in [-0.2, 0) is 0 Å². The van der Waals surface area contributed by atoms with E-state index in [0.29, 0.717) is 13.1 Å². The molecule has 1 saturated heterocycles. The lowest BCUT2D eigenvalue weighted by molar-refractivity contribution is 0.0696. The van der Waals surface area contributed by atoms with Crippen LogP contribution in [0.1, 0.15) is 36.0 Å². The third kappa shape index (κ3) is 3.46. The summed E-state index contributed by atoms with van der Waals surface area (Å²) in [5, 5.41) is 11.2. The van der Waals surface area contributed by atoms with E-state index in [0.717, 1.165) is 31.7 Å². The van der Waals surface area contributed by atoms with Crippen molar-refractivity contribution in [2.45, 2.75) is 25.7 Å². The molecule has 1 aromatic rings. The highest BCUT2D eigenvalue weighted by Gasteiger charge is 2.17. The number of urea groups is 1. The number of nitrogens with one attached hydrogen (secondary N) is 1. The van der Waals surface area contributed by atoms with Crippen LogP contribution >= 0.6 is 0 Å². The van der Waals surface area contributed by atoms with E-state index in [1.165, 1.54) is 12.1 Å². The minimum atomic E-state index is -1.20. The second-order valence-electron chi connectivity index (χ2n) is 4.83. The predicted octanol–water partition coefficient (Wildman–Crippen LogP) is 2.93. The molecule has 1 aromatic carbocycles. The van der Waals surface area contributed by atoms with Gasteiger partial charge in [0.2, 0.25) is 0 Å². The van der Waals surface area contributed by atoms with Crippen LogP contribution in [-0.4, -0.2) is 35.1 Å². The van der Waals surface area contributed by atoms with Gasteiger partial charge >= 0.3 is 12.0 Å². The van der Waals surface area contributed by atoms with E-state index in [4.69, 9.17) is 5.11 Å². The van der Waals surface area contributed by atoms with Gasteiger partial charge in [0.05, 0.1) is 11.3 Å². The van der Waals surface area contributed by atoms with Crippen molar-refractivity contribution in [2.75, 3.05) is 18.4 Å². The van der Waals surface area contributed by atoms with Gasteiger partial charge < -0.3 is 15.3 Å². The van der Waals surface area contributed by atoms with Gasteiger partial charge in [-0.3, -0.25) is 0 Å². The monoisotopic (exact) mass is 280 g/mol. The van der Waals surface area contributed by atoms with Crippen LogP contribution in [0.25, 0.3) is 0 Å². The molecule has 2 N–H and O–H groups in total. The third-order valence-corrected chi connectivity index (χ3v) is 3.35. The summed E-state index contributed by atoms with van der Waals surface area (Å²) in [7, 11) is 0. The summed E-state index contributed by atoms with van der Waals surface area (Å²) >= 11 is 0. The highest BCUT2D eigenvalue weighted by atomic mass is 19.1. The van der Waals surface area contributed by atoms with E-state index in [1.807, 2.05) is 0 Å². The van der Waals surface area contributed by atoms with Gasteiger partial charge in [-0.05, 0) is 31.0 Å². The van der Waals surface area contributed by atoms with E-state index < -0.39 is 11.8 Å². The second-order valence-corrected chi connectivity index (χ2v) is 4.83. The molecule has 6 heteroatoms. The summed E-state index contributed by atoms with van der Waals surface area (Å²) in [4.78, 5) is 24.4. The minimum Gasteiger partial charge on any atom is -0.478 e. The number of anilines is 1. The molecule has 2 rings (SSSR count). The zero-order valence-electron chi connectivity index (χ0n) is 11.1. The average molecular weight is 280 g/mol. The lowest BCUT2D eigenvalue weighted by Crippen LogP contribution is -2.35. The Kier molecular flexibility index (Phi) is 4.55. The maximum atomic E-state index is 13.7. The van der Waals surface area contributed by atoms with Crippen molar-refractivity contribution in [2.24, 2.45) is 0 Å². The molecule has 0 spiro atoms. The average Bonchev–Trinajstić information content (AvgIpc) is 2.69. The number of carbonyl (C=O) groups excluding carboxylic acids is 1. The van der Waals surface area contributed by atoms with Gasteiger partial charge in [-0.2, -0.15) is 0 Å². The molecule has 1 heterocycles. The van der Waals surface area contributed by atoms with Crippen molar-refractivity contribution < 1.29 is 19.1 Å². The number of nitrogens with zero attached hydrogens (tertiary/aromatic N) is 1. The zero-order valence-corrected chi connectivity index (χ0v) is 11.1. The smallest absolute Gasteiger partial charge is 0.335 e. The number of carboxylic acids is 1. The molecule has 1 aliphatic rings. The molecule has 20 heavy (non-hydrogen) atoms. The van der Waals surface area contributed by atoms with E-state index in [9.17, 15) is 14.0 Å². The highest BCUT2D eigenvalue weighted by Crippen LogP contribution is 2.17. The fourth-order valence-electron chi connectivity index (χ4n) is 2.22. The number of hydrogen-bond acceptors (Lipinski definition) is 2. The predicted molar refractivity (Wildman–Crippen MR) is 72.4 cm³/mol. The Hall–Kier alpha value is -2.11. The van der Waals surface area contributed by atoms with Crippen LogP contribution in [0.15, 0.2) is 18.2 Å². The Morgan fingerprint density at radius 2 is 1.80 bits per heavy atom. The summed E-state index contributed by atoms with van der Waals surface area (Å²) in [5.74, 6) is -1.94. The minimum absolute atomic E-state index is 0.00393. The van der Waals surface area contributed by atoms with Crippen molar-refractivity contribution in [3.8, 4) is 0 Å². The SMILES string of the molecule is O=C(O)c1ccc(NC(=O)N2CCCCCC2)c(F)c1. The number of amides is 2. The molecule has 5 nitrogen and oxygen atoms in total. The molecule has 108 valence electrons. The zero-order chi connectivity index (χ0) is 14.5. The number of rotatable bonds is 2. The number of hydrogen-bond donors (Lipinski definition) is 2. The van der Waals surface area contributed by atoms with E-state index >= 15 is 0 Å². The number of benzene rings is 1. The summed E-state index contributed by atoms with van der Waals surface area (Å²) in [6.07, 6.45) is 4.11. The Balaban J connectivity index is 2.05. The topological polar surface area (TPSA) is 69.6 Å². The Morgan fingerprint density at radius 1 is 1.15 bits per heavy atom. The van der Waals surface area contributed by atoms with E-state index in [1.54, 1.807) is 4.90 Å². The molecule has 0 radical (unpaired) electrons. The molecule has 2 amide bonds.